The van der Waals surface area contributed by atoms with Gasteiger partial charge in [0.15, 0.2) is 17.1 Å². The number of para-hydroxylation sites is 1. The Morgan fingerprint density at radius 1 is 1.23 bits per heavy atom. The average Bonchev–Trinajstić information content (AvgIpc) is 3.35. The maximum absolute atomic E-state index is 12.4. The highest BCUT2D eigenvalue weighted by Crippen LogP contribution is 2.28. The van der Waals surface area contributed by atoms with Gasteiger partial charge in [0, 0.05) is 30.0 Å². The standard InChI is InChI=1S/C20H17N3O3/c1-25-17-4-2-3-15-11-18(26-19(15)17)20(24)22-12-14-5-7-16(8-6-14)23-10-9-21-13-23/h2-11,13H,12H2,1H3,(H,22,24). The number of aromatic nitrogens is 2. The summed E-state index contributed by atoms with van der Waals surface area (Å²) in [5.41, 5.74) is 2.59. The van der Waals surface area contributed by atoms with Crippen LogP contribution < -0.4 is 10.1 Å². The Kier molecular flexibility index (Phi) is 4.15. The Labute approximate surface area is 150 Å². The van der Waals surface area contributed by atoms with E-state index in [2.05, 4.69) is 10.3 Å². The summed E-state index contributed by atoms with van der Waals surface area (Å²) in [5, 5.41) is 3.71. The number of hydrogen-bond donors (Lipinski definition) is 1. The maximum Gasteiger partial charge on any atom is 0.287 e. The van der Waals surface area contributed by atoms with Gasteiger partial charge in [-0.2, -0.15) is 0 Å². The van der Waals surface area contributed by atoms with Gasteiger partial charge in [-0.25, -0.2) is 4.98 Å². The number of imidazole rings is 1. The van der Waals surface area contributed by atoms with Crippen LogP contribution in [0.5, 0.6) is 5.75 Å². The van der Waals surface area contributed by atoms with E-state index in [0.29, 0.717) is 17.9 Å². The molecule has 6 nitrogen and oxygen atoms in total. The molecule has 0 aliphatic rings. The van der Waals surface area contributed by atoms with Crippen molar-refractivity contribution in [2.75, 3.05) is 7.11 Å². The Morgan fingerprint density at radius 3 is 2.81 bits per heavy atom. The highest BCUT2D eigenvalue weighted by atomic mass is 16.5. The number of amides is 1. The van der Waals surface area contributed by atoms with Crippen LogP contribution in [0.3, 0.4) is 0 Å². The molecule has 4 aromatic rings. The van der Waals surface area contributed by atoms with Crippen LogP contribution in [0.15, 0.2) is 71.7 Å². The lowest BCUT2D eigenvalue weighted by Gasteiger charge is -2.06. The number of carbonyl (C=O) groups is 1. The van der Waals surface area contributed by atoms with Crippen LogP contribution in [0.25, 0.3) is 16.7 Å². The molecular weight excluding hydrogens is 330 g/mol. The van der Waals surface area contributed by atoms with E-state index < -0.39 is 0 Å². The molecule has 0 atom stereocenters. The van der Waals surface area contributed by atoms with Gasteiger partial charge in [-0.3, -0.25) is 4.79 Å². The second kappa shape index (κ2) is 6.76. The Balaban J connectivity index is 1.45. The summed E-state index contributed by atoms with van der Waals surface area (Å²) in [7, 11) is 1.57. The fraction of sp³-hybridized carbons (Fsp3) is 0.100. The lowest BCUT2D eigenvalue weighted by molar-refractivity contribution is 0.0925. The van der Waals surface area contributed by atoms with Crippen LogP contribution in [0.2, 0.25) is 0 Å². The maximum atomic E-state index is 12.4. The summed E-state index contributed by atoms with van der Waals surface area (Å²) in [6.07, 6.45) is 5.36. The molecule has 4 rings (SSSR count). The van der Waals surface area contributed by atoms with Crippen molar-refractivity contribution in [3.05, 3.63) is 78.6 Å². The summed E-state index contributed by atoms with van der Waals surface area (Å²) in [5.74, 6) is 0.609. The van der Waals surface area contributed by atoms with Gasteiger partial charge in [-0.1, -0.05) is 24.3 Å². The predicted molar refractivity (Wildman–Crippen MR) is 97.5 cm³/mol. The number of rotatable bonds is 5. The average molecular weight is 347 g/mol. The highest BCUT2D eigenvalue weighted by molar-refractivity contribution is 5.97. The minimum absolute atomic E-state index is 0.262. The van der Waals surface area contributed by atoms with Crippen LogP contribution in [0.4, 0.5) is 0 Å². The minimum atomic E-state index is -0.262. The number of ether oxygens (including phenoxy) is 1. The fourth-order valence-corrected chi connectivity index (χ4v) is 2.78. The number of nitrogens with zero attached hydrogens (tertiary/aromatic N) is 2. The van der Waals surface area contributed by atoms with Crippen molar-refractivity contribution in [1.82, 2.24) is 14.9 Å². The SMILES string of the molecule is COc1cccc2cc(C(=O)NCc3ccc(-n4ccnc4)cc3)oc12. The zero-order valence-corrected chi connectivity index (χ0v) is 14.2. The molecule has 0 bridgehead atoms. The topological polar surface area (TPSA) is 69.3 Å². The van der Waals surface area contributed by atoms with Crippen molar-refractivity contribution in [1.29, 1.82) is 0 Å². The summed E-state index contributed by atoms with van der Waals surface area (Å²) in [6.45, 7) is 0.414. The zero-order valence-electron chi connectivity index (χ0n) is 14.2. The van der Waals surface area contributed by atoms with Crippen LogP contribution in [0.1, 0.15) is 16.1 Å². The zero-order chi connectivity index (χ0) is 17.9. The summed E-state index contributed by atoms with van der Waals surface area (Å²) < 4.78 is 12.8. The molecule has 0 saturated heterocycles. The van der Waals surface area contributed by atoms with Crippen molar-refractivity contribution in [3.8, 4) is 11.4 Å². The van der Waals surface area contributed by atoms with Crippen LogP contribution in [-0.4, -0.2) is 22.6 Å². The van der Waals surface area contributed by atoms with Gasteiger partial charge in [-0.15, -0.1) is 0 Å². The predicted octanol–water partition coefficient (Wildman–Crippen LogP) is 3.56. The first-order valence-corrected chi connectivity index (χ1v) is 8.16. The van der Waals surface area contributed by atoms with Gasteiger partial charge in [0.05, 0.1) is 13.4 Å². The highest BCUT2D eigenvalue weighted by Gasteiger charge is 2.14. The molecule has 2 aromatic carbocycles. The van der Waals surface area contributed by atoms with Gasteiger partial charge >= 0.3 is 0 Å². The minimum Gasteiger partial charge on any atom is -0.493 e. The van der Waals surface area contributed by atoms with Crippen molar-refractivity contribution < 1.29 is 13.9 Å². The van der Waals surface area contributed by atoms with Gasteiger partial charge in [0.1, 0.15) is 0 Å². The third-order valence-corrected chi connectivity index (χ3v) is 4.14. The molecular formula is C20H17N3O3. The van der Waals surface area contributed by atoms with Crippen LogP contribution in [0, 0.1) is 0 Å². The third-order valence-electron chi connectivity index (χ3n) is 4.14. The summed E-state index contributed by atoms with van der Waals surface area (Å²) in [6, 6.07) is 15.2. The van der Waals surface area contributed by atoms with Gasteiger partial charge in [0.25, 0.3) is 5.91 Å². The molecule has 0 aliphatic heterocycles. The Bertz CT molecular complexity index is 1030. The van der Waals surface area contributed by atoms with Crippen LogP contribution >= 0.6 is 0 Å². The largest absolute Gasteiger partial charge is 0.493 e. The number of carbonyl (C=O) groups excluding carboxylic acids is 1. The third kappa shape index (κ3) is 3.04. The van der Waals surface area contributed by atoms with Crippen molar-refractivity contribution in [2.24, 2.45) is 0 Å². The van der Waals surface area contributed by atoms with E-state index in [9.17, 15) is 4.79 Å². The van der Waals surface area contributed by atoms with Crippen molar-refractivity contribution in [2.45, 2.75) is 6.54 Å². The van der Waals surface area contributed by atoms with Crippen molar-refractivity contribution in [3.63, 3.8) is 0 Å². The second-order valence-electron chi connectivity index (χ2n) is 5.81. The first kappa shape index (κ1) is 16.0. The summed E-state index contributed by atoms with van der Waals surface area (Å²) in [4.78, 5) is 16.4. The molecule has 0 fully saturated rings. The van der Waals surface area contributed by atoms with E-state index >= 15 is 0 Å². The summed E-state index contributed by atoms with van der Waals surface area (Å²) >= 11 is 0. The molecule has 2 heterocycles. The molecule has 6 heteroatoms. The lowest BCUT2D eigenvalue weighted by atomic mass is 10.2. The molecule has 0 unspecified atom stereocenters. The van der Waals surface area contributed by atoms with Gasteiger partial charge in [0.2, 0.25) is 0 Å². The molecule has 2 aromatic heterocycles. The fourth-order valence-electron chi connectivity index (χ4n) is 2.78. The second-order valence-corrected chi connectivity index (χ2v) is 5.81. The van der Waals surface area contributed by atoms with Crippen LogP contribution in [-0.2, 0) is 6.54 Å². The quantitative estimate of drug-likeness (QED) is 0.599. The molecule has 1 N–H and O–H groups in total. The Morgan fingerprint density at radius 2 is 2.08 bits per heavy atom. The smallest absolute Gasteiger partial charge is 0.287 e. The molecule has 1 amide bonds. The number of fused-ring (bicyclic) bond motifs is 1. The molecule has 0 saturated carbocycles. The van der Waals surface area contributed by atoms with E-state index in [0.717, 1.165) is 16.6 Å². The Hall–Kier alpha value is -3.54. The van der Waals surface area contributed by atoms with E-state index in [1.165, 1.54) is 0 Å². The molecule has 0 aliphatic carbocycles. The molecule has 0 spiro atoms. The van der Waals surface area contributed by atoms with Gasteiger partial charge in [-0.05, 0) is 29.8 Å². The molecule has 0 radical (unpaired) electrons. The van der Waals surface area contributed by atoms with Gasteiger partial charge < -0.3 is 19.0 Å². The number of methoxy groups -OCH3 is 1. The van der Waals surface area contributed by atoms with E-state index in [4.69, 9.17) is 9.15 Å². The first-order chi connectivity index (χ1) is 12.7. The first-order valence-electron chi connectivity index (χ1n) is 8.16. The number of benzene rings is 2. The number of hydrogen-bond acceptors (Lipinski definition) is 4. The van der Waals surface area contributed by atoms with E-state index in [1.807, 2.05) is 47.2 Å². The molecule has 130 valence electrons. The lowest BCUT2D eigenvalue weighted by Crippen LogP contribution is -2.22. The van der Waals surface area contributed by atoms with Crippen molar-refractivity contribution >= 4 is 16.9 Å². The molecule has 26 heavy (non-hydrogen) atoms. The normalized spacial score (nSPS) is 10.8. The monoisotopic (exact) mass is 347 g/mol. The number of furan rings is 1. The van der Waals surface area contributed by atoms with E-state index in [1.54, 1.807) is 31.8 Å². The number of nitrogens with one attached hydrogen (secondary N) is 1. The van der Waals surface area contributed by atoms with E-state index in [-0.39, 0.29) is 11.7 Å².